The van der Waals surface area contributed by atoms with Gasteiger partial charge in [-0.05, 0) is 32.4 Å². The fraction of sp³-hybridized carbons (Fsp3) is 0.500. The first-order valence-electron chi connectivity index (χ1n) is 6.29. The van der Waals surface area contributed by atoms with Crippen LogP contribution in [0.5, 0.6) is 0 Å². The summed E-state index contributed by atoms with van der Waals surface area (Å²) >= 11 is 0. The summed E-state index contributed by atoms with van der Waals surface area (Å²) < 4.78 is 0. The second-order valence-electron chi connectivity index (χ2n) is 5.26. The first-order valence-corrected chi connectivity index (χ1v) is 6.29. The Morgan fingerprint density at radius 2 is 2.06 bits per heavy atom. The molecular formula is C14H20N2O2. The third kappa shape index (κ3) is 2.34. The fourth-order valence-electron chi connectivity index (χ4n) is 2.55. The van der Waals surface area contributed by atoms with Gasteiger partial charge in [-0.1, -0.05) is 18.2 Å². The smallest absolute Gasteiger partial charge is 0.245 e. The number of hydrogen-bond donors (Lipinski definition) is 2. The SMILES string of the molecule is CC1(C)CCNC(=O)C(CO)N1c1ccccc1. The van der Waals surface area contributed by atoms with Gasteiger partial charge in [0.15, 0.2) is 0 Å². The highest BCUT2D eigenvalue weighted by Gasteiger charge is 2.38. The minimum atomic E-state index is -0.523. The number of carbonyl (C=O) groups is 1. The number of anilines is 1. The monoisotopic (exact) mass is 248 g/mol. The second-order valence-corrected chi connectivity index (χ2v) is 5.26. The maximum absolute atomic E-state index is 12.0. The third-order valence-corrected chi connectivity index (χ3v) is 3.51. The molecule has 1 amide bonds. The number of hydrogen-bond acceptors (Lipinski definition) is 3. The average Bonchev–Trinajstić information content (AvgIpc) is 2.46. The van der Waals surface area contributed by atoms with Gasteiger partial charge in [0.2, 0.25) is 5.91 Å². The van der Waals surface area contributed by atoms with Crippen LogP contribution in [-0.4, -0.2) is 35.7 Å². The summed E-state index contributed by atoms with van der Waals surface area (Å²) in [5.74, 6) is -0.105. The number of nitrogens with zero attached hydrogens (tertiary/aromatic N) is 1. The second kappa shape index (κ2) is 4.98. The third-order valence-electron chi connectivity index (χ3n) is 3.51. The van der Waals surface area contributed by atoms with Crippen molar-refractivity contribution in [3.63, 3.8) is 0 Å². The Morgan fingerprint density at radius 1 is 1.39 bits per heavy atom. The van der Waals surface area contributed by atoms with E-state index in [2.05, 4.69) is 19.2 Å². The molecule has 4 heteroatoms. The molecule has 1 aromatic carbocycles. The van der Waals surface area contributed by atoms with E-state index in [0.29, 0.717) is 6.54 Å². The zero-order valence-corrected chi connectivity index (χ0v) is 10.9. The first-order chi connectivity index (χ1) is 8.56. The normalized spacial score (nSPS) is 23.4. The first kappa shape index (κ1) is 12.9. The number of aliphatic hydroxyl groups is 1. The Bertz CT molecular complexity index is 417. The summed E-state index contributed by atoms with van der Waals surface area (Å²) in [6.07, 6.45) is 0.851. The molecule has 0 aliphatic carbocycles. The highest BCUT2D eigenvalue weighted by molar-refractivity contribution is 5.86. The standard InChI is InChI=1S/C14H20N2O2/c1-14(2)8-9-15-13(18)12(10-17)16(14)11-6-4-3-5-7-11/h3-7,12,17H,8-10H2,1-2H3,(H,15,18). The van der Waals surface area contributed by atoms with E-state index in [9.17, 15) is 9.90 Å². The lowest BCUT2D eigenvalue weighted by Crippen LogP contribution is -2.54. The number of amides is 1. The molecule has 18 heavy (non-hydrogen) atoms. The predicted octanol–water partition coefficient (Wildman–Crippen LogP) is 1.15. The molecule has 1 atom stereocenters. The van der Waals surface area contributed by atoms with Crippen molar-refractivity contribution in [3.05, 3.63) is 30.3 Å². The van der Waals surface area contributed by atoms with Crippen LogP contribution >= 0.6 is 0 Å². The lowest BCUT2D eigenvalue weighted by Gasteiger charge is -2.42. The highest BCUT2D eigenvalue weighted by Crippen LogP contribution is 2.30. The number of carbonyl (C=O) groups excluding carboxylic acids is 1. The van der Waals surface area contributed by atoms with Gasteiger partial charge in [-0.3, -0.25) is 4.79 Å². The molecule has 1 heterocycles. The van der Waals surface area contributed by atoms with E-state index in [-0.39, 0.29) is 18.1 Å². The zero-order chi connectivity index (χ0) is 13.2. The van der Waals surface area contributed by atoms with Crippen molar-refractivity contribution < 1.29 is 9.90 Å². The van der Waals surface area contributed by atoms with Crippen LogP contribution in [0.3, 0.4) is 0 Å². The van der Waals surface area contributed by atoms with Crippen LogP contribution in [0, 0.1) is 0 Å². The highest BCUT2D eigenvalue weighted by atomic mass is 16.3. The van der Waals surface area contributed by atoms with Gasteiger partial charge in [-0.2, -0.15) is 0 Å². The molecule has 0 bridgehead atoms. The Morgan fingerprint density at radius 3 is 2.67 bits per heavy atom. The van der Waals surface area contributed by atoms with Crippen LogP contribution in [0.2, 0.25) is 0 Å². The fourth-order valence-corrected chi connectivity index (χ4v) is 2.55. The lowest BCUT2D eigenvalue weighted by atomic mass is 9.96. The molecule has 1 fully saturated rings. The summed E-state index contributed by atoms with van der Waals surface area (Å²) in [6, 6.07) is 9.27. The Labute approximate surface area is 108 Å². The quantitative estimate of drug-likeness (QED) is 0.825. The van der Waals surface area contributed by atoms with Gasteiger partial charge in [0.25, 0.3) is 0 Å². The predicted molar refractivity (Wildman–Crippen MR) is 71.5 cm³/mol. The minimum Gasteiger partial charge on any atom is -0.394 e. The summed E-state index contributed by atoms with van der Waals surface area (Å²) in [7, 11) is 0. The van der Waals surface area contributed by atoms with Crippen LogP contribution in [0.15, 0.2) is 30.3 Å². The number of rotatable bonds is 2. The van der Waals surface area contributed by atoms with Crippen LogP contribution in [0.25, 0.3) is 0 Å². The van der Waals surface area contributed by atoms with Gasteiger partial charge in [-0.25, -0.2) is 0 Å². The Balaban J connectivity index is 2.44. The minimum absolute atomic E-state index is 0.105. The van der Waals surface area contributed by atoms with E-state index >= 15 is 0 Å². The van der Waals surface area contributed by atoms with E-state index in [1.807, 2.05) is 35.2 Å². The van der Waals surface area contributed by atoms with Crippen molar-refractivity contribution in [3.8, 4) is 0 Å². The molecule has 1 aliphatic heterocycles. The van der Waals surface area contributed by atoms with Crippen LogP contribution in [0.4, 0.5) is 5.69 Å². The van der Waals surface area contributed by atoms with E-state index in [1.54, 1.807) is 0 Å². The van der Waals surface area contributed by atoms with Crippen LogP contribution in [-0.2, 0) is 4.79 Å². The number of para-hydroxylation sites is 1. The molecule has 1 aromatic rings. The molecule has 1 unspecified atom stereocenters. The zero-order valence-electron chi connectivity index (χ0n) is 10.9. The molecule has 2 N–H and O–H groups in total. The molecule has 0 spiro atoms. The van der Waals surface area contributed by atoms with E-state index in [4.69, 9.17) is 0 Å². The lowest BCUT2D eigenvalue weighted by molar-refractivity contribution is -0.122. The van der Waals surface area contributed by atoms with Crippen molar-refractivity contribution >= 4 is 11.6 Å². The van der Waals surface area contributed by atoms with E-state index in [0.717, 1.165) is 12.1 Å². The van der Waals surface area contributed by atoms with E-state index in [1.165, 1.54) is 0 Å². The summed E-state index contributed by atoms with van der Waals surface area (Å²) in [5.41, 5.74) is 0.798. The molecule has 0 radical (unpaired) electrons. The van der Waals surface area contributed by atoms with Crippen molar-refractivity contribution in [1.29, 1.82) is 0 Å². The number of aliphatic hydroxyl groups excluding tert-OH is 1. The van der Waals surface area contributed by atoms with Crippen molar-refractivity contribution in [2.24, 2.45) is 0 Å². The molecule has 1 aliphatic rings. The molecule has 98 valence electrons. The topological polar surface area (TPSA) is 52.6 Å². The maximum Gasteiger partial charge on any atom is 0.245 e. The molecule has 0 aromatic heterocycles. The number of nitrogens with one attached hydrogen (secondary N) is 1. The summed E-state index contributed by atoms with van der Waals surface area (Å²) in [6.45, 7) is 4.67. The average molecular weight is 248 g/mol. The van der Waals surface area contributed by atoms with Crippen molar-refractivity contribution in [1.82, 2.24) is 5.32 Å². The molecular weight excluding hydrogens is 228 g/mol. The van der Waals surface area contributed by atoms with Crippen molar-refractivity contribution in [2.45, 2.75) is 31.8 Å². The van der Waals surface area contributed by atoms with E-state index < -0.39 is 6.04 Å². The largest absolute Gasteiger partial charge is 0.394 e. The van der Waals surface area contributed by atoms with Gasteiger partial charge in [0.1, 0.15) is 6.04 Å². The molecule has 1 saturated heterocycles. The Kier molecular flexibility index (Phi) is 3.57. The Hall–Kier alpha value is -1.55. The summed E-state index contributed by atoms with van der Waals surface area (Å²) in [5, 5.41) is 12.4. The molecule has 2 rings (SSSR count). The van der Waals surface area contributed by atoms with Crippen LogP contribution < -0.4 is 10.2 Å². The molecule has 4 nitrogen and oxygen atoms in total. The van der Waals surface area contributed by atoms with Gasteiger partial charge < -0.3 is 15.3 Å². The molecule has 0 saturated carbocycles. The van der Waals surface area contributed by atoms with Crippen molar-refractivity contribution in [2.75, 3.05) is 18.1 Å². The van der Waals surface area contributed by atoms with Gasteiger partial charge in [0, 0.05) is 17.8 Å². The summed E-state index contributed by atoms with van der Waals surface area (Å²) in [4.78, 5) is 14.0. The number of benzene rings is 1. The van der Waals surface area contributed by atoms with Gasteiger partial charge >= 0.3 is 0 Å². The maximum atomic E-state index is 12.0. The van der Waals surface area contributed by atoms with Gasteiger partial charge in [0.05, 0.1) is 6.61 Å². The van der Waals surface area contributed by atoms with Crippen LogP contribution in [0.1, 0.15) is 20.3 Å². The van der Waals surface area contributed by atoms with Gasteiger partial charge in [-0.15, -0.1) is 0 Å².